The summed E-state index contributed by atoms with van der Waals surface area (Å²) >= 11 is 16.2. The highest BCUT2D eigenvalue weighted by Gasteiger charge is 2.23. The lowest BCUT2D eigenvalue weighted by Gasteiger charge is -2.13. The van der Waals surface area contributed by atoms with E-state index in [1.54, 1.807) is 0 Å². The van der Waals surface area contributed by atoms with E-state index in [0.717, 1.165) is 28.7 Å². The summed E-state index contributed by atoms with van der Waals surface area (Å²) in [7, 11) is 0. The predicted molar refractivity (Wildman–Crippen MR) is 86.4 cm³/mol. The molecule has 0 atom stereocenters. The Kier molecular flexibility index (Phi) is 4.29. The smallest absolute Gasteiger partial charge is 0.142 e. The molecule has 0 unspecified atom stereocenters. The summed E-state index contributed by atoms with van der Waals surface area (Å²) in [5.74, 6) is 1.19. The lowest BCUT2D eigenvalue weighted by molar-refractivity contribution is 0.668. The number of hydrogen-bond donors (Lipinski definition) is 0. The number of hydrogen-bond acceptors (Lipinski definition) is 2. The fraction of sp³-hybridized carbons (Fsp3) is 0.333. The van der Waals surface area contributed by atoms with Gasteiger partial charge in [0.15, 0.2) is 0 Å². The highest BCUT2D eigenvalue weighted by atomic mass is 79.9. The van der Waals surface area contributed by atoms with Crippen molar-refractivity contribution in [1.29, 1.82) is 0 Å². The van der Waals surface area contributed by atoms with Crippen LogP contribution in [0.25, 0.3) is 11.1 Å². The second kappa shape index (κ2) is 6.00. The topological polar surface area (TPSA) is 25.8 Å². The van der Waals surface area contributed by atoms with E-state index in [-0.39, 0.29) is 0 Å². The number of halogens is 3. The average Bonchev–Trinajstić information content (AvgIpc) is 2.94. The van der Waals surface area contributed by atoms with Crippen LogP contribution in [0.1, 0.15) is 37.4 Å². The van der Waals surface area contributed by atoms with Crippen LogP contribution in [-0.2, 0) is 0 Å². The molecule has 0 aliphatic heterocycles. The predicted octanol–water partition coefficient (Wildman–Crippen LogP) is 5.87. The summed E-state index contributed by atoms with van der Waals surface area (Å²) in [6.45, 7) is 0. The first-order valence-electron chi connectivity index (χ1n) is 6.64. The maximum atomic E-state index is 6.36. The van der Waals surface area contributed by atoms with Gasteiger partial charge in [0.2, 0.25) is 0 Å². The van der Waals surface area contributed by atoms with Gasteiger partial charge < -0.3 is 0 Å². The van der Waals surface area contributed by atoms with Crippen LogP contribution in [0.15, 0.2) is 28.7 Å². The van der Waals surface area contributed by atoms with E-state index in [2.05, 4.69) is 25.9 Å². The van der Waals surface area contributed by atoms with Crippen molar-refractivity contribution < 1.29 is 0 Å². The van der Waals surface area contributed by atoms with E-state index in [1.165, 1.54) is 12.8 Å². The Hall–Kier alpha value is -0.640. The molecule has 0 N–H and O–H groups in total. The molecule has 1 aliphatic rings. The van der Waals surface area contributed by atoms with Crippen LogP contribution >= 0.6 is 39.1 Å². The molecule has 0 radical (unpaired) electrons. The molecule has 0 saturated heterocycles. The number of aromatic nitrogens is 2. The molecule has 5 heteroatoms. The minimum atomic E-state index is 0.401. The number of rotatable bonds is 2. The van der Waals surface area contributed by atoms with Gasteiger partial charge in [-0.25, -0.2) is 9.97 Å². The number of benzene rings is 1. The van der Waals surface area contributed by atoms with Crippen LogP contribution in [-0.4, -0.2) is 9.97 Å². The van der Waals surface area contributed by atoms with Crippen molar-refractivity contribution in [3.05, 3.63) is 44.9 Å². The maximum absolute atomic E-state index is 6.36. The Balaban J connectivity index is 2.07. The second-order valence-corrected chi connectivity index (χ2v) is 6.57. The molecule has 1 aromatic heterocycles. The van der Waals surface area contributed by atoms with E-state index in [4.69, 9.17) is 23.2 Å². The van der Waals surface area contributed by atoms with Gasteiger partial charge in [-0.1, -0.05) is 70.2 Å². The van der Waals surface area contributed by atoms with Crippen molar-refractivity contribution >= 4 is 39.1 Å². The fourth-order valence-electron chi connectivity index (χ4n) is 2.68. The van der Waals surface area contributed by atoms with E-state index in [1.807, 2.05) is 24.3 Å². The molecule has 0 amide bonds. The zero-order valence-corrected chi connectivity index (χ0v) is 13.8. The molecule has 3 rings (SSSR count). The third-order valence-electron chi connectivity index (χ3n) is 3.70. The monoisotopic (exact) mass is 370 g/mol. The zero-order valence-electron chi connectivity index (χ0n) is 10.7. The molecule has 2 aromatic rings. The Morgan fingerprint density at radius 1 is 1.00 bits per heavy atom. The zero-order chi connectivity index (χ0) is 14.1. The van der Waals surface area contributed by atoms with Gasteiger partial charge in [0.05, 0.1) is 5.56 Å². The lowest BCUT2D eigenvalue weighted by Crippen LogP contribution is -2.03. The standard InChI is InChI=1S/C15H13BrCl2N2/c16-11-8-4-3-7-10(11)12-13(17)19-15(20-14(12)18)9-5-1-2-6-9/h3-4,7-9H,1-2,5-6H2. The maximum Gasteiger partial charge on any atom is 0.142 e. The third-order valence-corrected chi connectivity index (χ3v) is 4.94. The highest BCUT2D eigenvalue weighted by Crippen LogP contribution is 2.39. The van der Waals surface area contributed by atoms with Crippen LogP contribution < -0.4 is 0 Å². The lowest BCUT2D eigenvalue weighted by atomic mass is 10.1. The van der Waals surface area contributed by atoms with Gasteiger partial charge in [-0.05, 0) is 18.9 Å². The molecule has 0 bridgehead atoms. The van der Waals surface area contributed by atoms with Crippen LogP contribution in [0.4, 0.5) is 0 Å². The van der Waals surface area contributed by atoms with Crippen molar-refractivity contribution in [3.8, 4) is 11.1 Å². The Morgan fingerprint density at radius 2 is 1.60 bits per heavy atom. The molecule has 1 aliphatic carbocycles. The summed E-state index contributed by atoms with van der Waals surface area (Å²) in [5.41, 5.74) is 1.61. The van der Waals surface area contributed by atoms with E-state index >= 15 is 0 Å². The van der Waals surface area contributed by atoms with Crippen LogP contribution in [0.3, 0.4) is 0 Å². The summed E-state index contributed by atoms with van der Waals surface area (Å²) in [4.78, 5) is 8.97. The Morgan fingerprint density at radius 3 is 2.20 bits per heavy atom. The van der Waals surface area contributed by atoms with Gasteiger partial charge in [-0.3, -0.25) is 0 Å². The normalized spacial score (nSPS) is 15.8. The SMILES string of the molecule is Clc1nc(C2CCCC2)nc(Cl)c1-c1ccccc1Br. The molecule has 1 aromatic carbocycles. The largest absolute Gasteiger partial charge is 0.220 e. The third kappa shape index (κ3) is 2.72. The average molecular weight is 372 g/mol. The van der Waals surface area contributed by atoms with Crippen molar-refractivity contribution in [2.24, 2.45) is 0 Å². The van der Waals surface area contributed by atoms with Crippen molar-refractivity contribution in [1.82, 2.24) is 9.97 Å². The van der Waals surface area contributed by atoms with Crippen LogP contribution in [0, 0.1) is 0 Å². The number of nitrogens with zero attached hydrogens (tertiary/aromatic N) is 2. The van der Waals surface area contributed by atoms with Gasteiger partial charge in [0.25, 0.3) is 0 Å². The first-order chi connectivity index (χ1) is 9.66. The summed E-state index contributed by atoms with van der Waals surface area (Å²) in [5, 5.41) is 0.859. The van der Waals surface area contributed by atoms with E-state index < -0.39 is 0 Å². The molecular formula is C15H13BrCl2N2. The van der Waals surface area contributed by atoms with Crippen molar-refractivity contribution in [2.45, 2.75) is 31.6 Å². The molecule has 104 valence electrons. The molecule has 2 nitrogen and oxygen atoms in total. The molecule has 1 heterocycles. The summed E-state index contributed by atoms with van der Waals surface area (Å²) < 4.78 is 0.931. The quantitative estimate of drug-likeness (QED) is 0.617. The second-order valence-electron chi connectivity index (χ2n) is 5.00. The molecule has 20 heavy (non-hydrogen) atoms. The minimum absolute atomic E-state index is 0.401. The molecule has 0 spiro atoms. The van der Waals surface area contributed by atoms with Crippen LogP contribution in [0.5, 0.6) is 0 Å². The summed E-state index contributed by atoms with van der Waals surface area (Å²) in [6, 6.07) is 7.80. The first kappa shape index (κ1) is 14.3. The fourth-order valence-corrected chi connectivity index (χ4v) is 3.76. The minimum Gasteiger partial charge on any atom is -0.220 e. The highest BCUT2D eigenvalue weighted by molar-refractivity contribution is 9.10. The molecule has 1 saturated carbocycles. The van der Waals surface area contributed by atoms with E-state index in [9.17, 15) is 0 Å². The van der Waals surface area contributed by atoms with Gasteiger partial charge in [-0.2, -0.15) is 0 Å². The van der Waals surface area contributed by atoms with Gasteiger partial charge in [-0.15, -0.1) is 0 Å². The molecular weight excluding hydrogens is 359 g/mol. The van der Waals surface area contributed by atoms with Crippen molar-refractivity contribution in [3.63, 3.8) is 0 Å². The van der Waals surface area contributed by atoms with Gasteiger partial charge in [0, 0.05) is 16.0 Å². The van der Waals surface area contributed by atoms with E-state index in [0.29, 0.717) is 21.8 Å². The van der Waals surface area contributed by atoms with Crippen molar-refractivity contribution in [2.75, 3.05) is 0 Å². The van der Waals surface area contributed by atoms with Crippen LogP contribution in [0.2, 0.25) is 10.3 Å². The first-order valence-corrected chi connectivity index (χ1v) is 8.19. The molecule has 1 fully saturated rings. The summed E-state index contributed by atoms with van der Waals surface area (Å²) in [6.07, 6.45) is 4.71. The Labute approximate surface area is 136 Å². The van der Waals surface area contributed by atoms with Gasteiger partial charge in [0.1, 0.15) is 16.1 Å². The Bertz CT molecular complexity index is 617. The van der Waals surface area contributed by atoms with Gasteiger partial charge >= 0.3 is 0 Å².